The molecule has 0 aliphatic heterocycles. The average Bonchev–Trinajstić information content (AvgIpc) is 2.38. The molecule has 0 fully saturated rings. The molecule has 18 heavy (non-hydrogen) atoms. The molecule has 1 atom stereocenters. The number of hydrogen-bond acceptors (Lipinski definition) is 2. The maximum Gasteiger partial charge on any atom is 0.136 e. The normalized spacial score (nSPS) is 14.2. The van der Waals surface area contributed by atoms with Crippen LogP contribution in [0.25, 0.3) is 0 Å². The molecule has 0 aliphatic rings. The van der Waals surface area contributed by atoms with Gasteiger partial charge in [0.15, 0.2) is 0 Å². The Hall–Kier alpha value is -0.760. The second kappa shape index (κ2) is 7.63. The van der Waals surface area contributed by atoms with Crippen molar-refractivity contribution in [2.75, 3.05) is 5.75 Å². The van der Waals surface area contributed by atoms with Gasteiger partial charge in [0.25, 0.3) is 0 Å². The molecule has 0 saturated carbocycles. The molecule has 1 aromatic rings. The van der Waals surface area contributed by atoms with Crippen LogP contribution in [0, 0.1) is 5.41 Å². The van der Waals surface area contributed by atoms with E-state index in [-0.39, 0.29) is 5.41 Å². The van der Waals surface area contributed by atoms with E-state index in [1.807, 2.05) is 18.2 Å². The van der Waals surface area contributed by atoms with E-state index in [1.165, 1.54) is 17.7 Å². The van der Waals surface area contributed by atoms with Crippen molar-refractivity contribution in [2.24, 2.45) is 5.41 Å². The average molecular weight is 264 g/mol. The molecule has 0 aliphatic carbocycles. The summed E-state index contributed by atoms with van der Waals surface area (Å²) in [6.07, 6.45) is 4.59. The summed E-state index contributed by atoms with van der Waals surface area (Å²) in [5, 5.41) is 0. The molecule has 0 bridgehead atoms. The minimum absolute atomic E-state index is 0.171. The summed E-state index contributed by atoms with van der Waals surface area (Å²) in [5.41, 5.74) is -0.171. The second-order valence-electron chi connectivity index (χ2n) is 5.18. The van der Waals surface area contributed by atoms with Gasteiger partial charge >= 0.3 is 0 Å². The first-order valence-corrected chi connectivity index (χ1v) is 7.76. The first-order valence-electron chi connectivity index (χ1n) is 6.77. The van der Waals surface area contributed by atoms with E-state index >= 15 is 0 Å². The van der Waals surface area contributed by atoms with Crippen molar-refractivity contribution in [3.8, 4) is 0 Å². The summed E-state index contributed by atoms with van der Waals surface area (Å²) in [4.78, 5) is 13.1. The third-order valence-corrected chi connectivity index (χ3v) is 4.87. The van der Waals surface area contributed by atoms with Crippen molar-refractivity contribution in [1.82, 2.24) is 0 Å². The summed E-state index contributed by atoms with van der Waals surface area (Å²) in [5.74, 6) is 1.21. The molecular weight excluding hydrogens is 240 g/mol. The van der Waals surface area contributed by atoms with Crippen LogP contribution in [0.2, 0.25) is 0 Å². The fraction of sp³-hybridized carbons (Fsp3) is 0.562. The minimum Gasteiger partial charge on any atom is -0.299 e. The second-order valence-corrected chi connectivity index (χ2v) is 6.22. The molecule has 0 amide bonds. The van der Waals surface area contributed by atoms with Crippen LogP contribution in [0.5, 0.6) is 0 Å². The monoisotopic (exact) mass is 264 g/mol. The van der Waals surface area contributed by atoms with Crippen LogP contribution in [0.3, 0.4) is 0 Å². The molecule has 1 unspecified atom stereocenters. The number of ketones is 1. The lowest BCUT2D eigenvalue weighted by Crippen LogP contribution is -2.28. The predicted molar refractivity (Wildman–Crippen MR) is 80.1 cm³/mol. The topological polar surface area (TPSA) is 17.1 Å². The lowest BCUT2D eigenvalue weighted by atomic mass is 9.83. The highest BCUT2D eigenvalue weighted by atomic mass is 32.2. The molecule has 0 aromatic heterocycles. The van der Waals surface area contributed by atoms with E-state index in [0.717, 1.165) is 18.6 Å². The summed E-state index contributed by atoms with van der Waals surface area (Å²) in [6, 6.07) is 10.3. The Morgan fingerprint density at radius 2 is 1.89 bits per heavy atom. The Morgan fingerprint density at radius 1 is 1.22 bits per heavy atom. The number of thioether (sulfide) groups is 1. The molecule has 2 heteroatoms. The smallest absolute Gasteiger partial charge is 0.136 e. The zero-order chi connectivity index (χ0) is 13.4. The van der Waals surface area contributed by atoms with Crippen molar-refractivity contribution in [3.05, 3.63) is 30.3 Å². The van der Waals surface area contributed by atoms with Crippen LogP contribution in [0.4, 0.5) is 0 Å². The third kappa shape index (κ3) is 4.85. The Labute approximate surface area is 115 Å². The van der Waals surface area contributed by atoms with Gasteiger partial charge in [-0.15, -0.1) is 11.8 Å². The van der Waals surface area contributed by atoms with E-state index in [1.54, 1.807) is 18.7 Å². The van der Waals surface area contributed by atoms with Gasteiger partial charge in [-0.2, -0.15) is 0 Å². The van der Waals surface area contributed by atoms with E-state index in [4.69, 9.17) is 0 Å². The van der Waals surface area contributed by atoms with Gasteiger partial charge in [-0.1, -0.05) is 51.3 Å². The SMILES string of the molecule is CCCCCC(C)(CSc1ccccc1)C(C)=O. The maximum absolute atomic E-state index is 11.9. The van der Waals surface area contributed by atoms with Gasteiger partial charge in [0, 0.05) is 16.1 Å². The fourth-order valence-electron chi connectivity index (χ4n) is 1.87. The first-order chi connectivity index (χ1) is 8.58. The van der Waals surface area contributed by atoms with Crippen molar-refractivity contribution in [3.63, 3.8) is 0 Å². The van der Waals surface area contributed by atoms with Crippen LogP contribution in [0.15, 0.2) is 35.2 Å². The molecule has 0 heterocycles. The zero-order valence-corrected chi connectivity index (χ0v) is 12.6. The summed E-state index contributed by atoms with van der Waals surface area (Å²) >= 11 is 1.79. The Morgan fingerprint density at radius 3 is 2.44 bits per heavy atom. The Kier molecular flexibility index (Phi) is 6.48. The number of carbonyl (C=O) groups is 1. The van der Waals surface area contributed by atoms with Crippen molar-refractivity contribution in [2.45, 2.75) is 51.3 Å². The highest BCUT2D eigenvalue weighted by Gasteiger charge is 2.29. The summed E-state index contributed by atoms with van der Waals surface area (Å²) < 4.78 is 0. The van der Waals surface area contributed by atoms with Crippen LogP contribution < -0.4 is 0 Å². The highest BCUT2D eigenvalue weighted by molar-refractivity contribution is 7.99. The molecule has 100 valence electrons. The van der Waals surface area contributed by atoms with E-state index in [2.05, 4.69) is 26.0 Å². The molecule has 0 N–H and O–H groups in total. The molecule has 0 radical (unpaired) electrons. The molecule has 1 nitrogen and oxygen atoms in total. The number of carbonyl (C=O) groups excluding carboxylic acids is 1. The van der Waals surface area contributed by atoms with Gasteiger partial charge in [-0.25, -0.2) is 0 Å². The van der Waals surface area contributed by atoms with Gasteiger partial charge in [-0.05, 0) is 25.5 Å². The Balaban J connectivity index is 2.54. The van der Waals surface area contributed by atoms with Gasteiger partial charge in [-0.3, -0.25) is 4.79 Å². The lowest BCUT2D eigenvalue weighted by molar-refractivity contribution is -0.124. The molecular formula is C16H24OS. The van der Waals surface area contributed by atoms with E-state index in [0.29, 0.717) is 5.78 Å². The number of hydrogen-bond donors (Lipinski definition) is 0. The molecule has 0 spiro atoms. The van der Waals surface area contributed by atoms with Gasteiger partial charge < -0.3 is 0 Å². The largest absolute Gasteiger partial charge is 0.299 e. The molecule has 1 aromatic carbocycles. The number of Topliss-reactive ketones (excluding diaryl/α,β-unsaturated/α-hetero) is 1. The number of unbranched alkanes of at least 4 members (excludes halogenated alkanes) is 2. The standard InChI is InChI=1S/C16H24OS/c1-4-5-9-12-16(3,14(2)17)13-18-15-10-7-6-8-11-15/h6-8,10-11H,4-5,9,12-13H2,1-3H3. The van der Waals surface area contributed by atoms with Gasteiger partial charge in [0.2, 0.25) is 0 Å². The molecule has 0 saturated heterocycles. The van der Waals surface area contributed by atoms with Crippen LogP contribution in [-0.2, 0) is 4.79 Å². The summed E-state index contributed by atoms with van der Waals surface area (Å²) in [6.45, 7) is 6.04. The summed E-state index contributed by atoms with van der Waals surface area (Å²) in [7, 11) is 0. The van der Waals surface area contributed by atoms with E-state index < -0.39 is 0 Å². The van der Waals surface area contributed by atoms with Crippen molar-refractivity contribution < 1.29 is 4.79 Å². The number of benzene rings is 1. The van der Waals surface area contributed by atoms with Crippen molar-refractivity contribution in [1.29, 1.82) is 0 Å². The van der Waals surface area contributed by atoms with Crippen LogP contribution >= 0.6 is 11.8 Å². The van der Waals surface area contributed by atoms with Gasteiger partial charge in [0.1, 0.15) is 5.78 Å². The predicted octanol–water partition coefficient (Wildman–Crippen LogP) is 4.95. The maximum atomic E-state index is 11.9. The fourth-order valence-corrected chi connectivity index (χ4v) is 3.06. The minimum atomic E-state index is -0.171. The Bertz CT molecular complexity index is 361. The quantitative estimate of drug-likeness (QED) is 0.488. The van der Waals surface area contributed by atoms with Crippen LogP contribution in [-0.4, -0.2) is 11.5 Å². The lowest BCUT2D eigenvalue weighted by Gasteiger charge is -2.26. The van der Waals surface area contributed by atoms with E-state index in [9.17, 15) is 4.79 Å². The zero-order valence-electron chi connectivity index (χ0n) is 11.7. The van der Waals surface area contributed by atoms with Crippen molar-refractivity contribution >= 4 is 17.5 Å². The highest BCUT2D eigenvalue weighted by Crippen LogP contribution is 2.33. The molecule has 1 rings (SSSR count). The first kappa shape index (κ1) is 15.3. The third-order valence-electron chi connectivity index (χ3n) is 3.48. The van der Waals surface area contributed by atoms with Gasteiger partial charge in [0.05, 0.1) is 0 Å². The number of rotatable bonds is 8. The van der Waals surface area contributed by atoms with Crippen LogP contribution in [0.1, 0.15) is 46.5 Å².